The van der Waals surface area contributed by atoms with Gasteiger partial charge in [0.2, 0.25) is 0 Å². The van der Waals surface area contributed by atoms with Gasteiger partial charge in [-0.25, -0.2) is 0 Å². The summed E-state index contributed by atoms with van der Waals surface area (Å²) < 4.78 is 0. The van der Waals surface area contributed by atoms with Crippen molar-refractivity contribution in [1.82, 2.24) is 10.2 Å². The lowest BCUT2D eigenvalue weighted by Crippen LogP contribution is -2.41. The standard InChI is InChI=1S/C10H20N2OS/c1-12(9-2-3-14-7-9)6-8-4-10(13)5-11-8/h8-11,13H,2-7H2,1H3. The molecule has 0 bridgehead atoms. The fraction of sp³-hybridized carbons (Fsp3) is 1.00. The van der Waals surface area contributed by atoms with E-state index in [9.17, 15) is 5.11 Å². The Morgan fingerprint density at radius 2 is 2.43 bits per heavy atom. The third kappa shape index (κ3) is 2.63. The molecule has 14 heavy (non-hydrogen) atoms. The molecule has 4 heteroatoms. The van der Waals surface area contributed by atoms with E-state index in [-0.39, 0.29) is 6.10 Å². The Labute approximate surface area is 90.2 Å². The second kappa shape index (κ2) is 4.84. The molecule has 0 aromatic carbocycles. The Balaban J connectivity index is 1.73. The van der Waals surface area contributed by atoms with Gasteiger partial charge in [0.1, 0.15) is 0 Å². The number of thioether (sulfide) groups is 1. The monoisotopic (exact) mass is 216 g/mol. The van der Waals surface area contributed by atoms with Crippen molar-refractivity contribution in [3.8, 4) is 0 Å². The van der Waals surface area contributed by atoms with E-state index in [0.29, 0.717) is 6.04 Å². The predicted molar refractivity (Wildman–Crippen MR) is 60.8 cm³/mol. The minimum Gasteiger partial charge on any atom is -0.392 e. The number of hydrogen-bond acceptors (Lipinski definition) is 4. The third-order valence-corrected chi connectivity index (χ3v) is 4.38. The van der Waals surface area contributed by atoms with Gasteiger partial charge in [-0.2, -0.15) is 11.8 Å². The van der Waals surface area contributed by atoms with E-state index < -0.39 is 0 Å². The van der Waals surface area contributed by atoms with Gasteiger partial charge in [-0.15, -0.1) is 0 Å². The summed E-state index contributed by atoms with van der Waals surface area (Å²) in [5, 5.41) is 12.8. The van der Waals surface area contributed by atoms with Crippen LogP contribution in [-0.4, -0.2) is 59.8 Å². The molecule has 2 aliphatic heterocycles. The van der Waals surface area contributed by atoms with E-state index in [1.807, 2.05) is 0 Å². The Hall–Kier alpha value is 0.230. The van der Waals surface area contributed by atoms with Crippen LogP contribution in [0, 0.1) is 0 Å². The second-order valence-corrected chi connectivity index (χ2v) is 5.60. The van der Waals surface area contributed by atoms with Gasteiger partial charge in [-0.3, -0.25) is 0 Å². The first-order valence-electron chi connectivity index (χ1n) is 5.45. The number of β-amino-alcohol motifs (C(OH)–C–C–N with tert-alkyl or cyclic N) is 1. The fourth-order valence-electron chi connectivity index (χ4n) is 2.30. The lowest BCUT2D eigenvalue weighted by atomic mass is 10.1. The van der Waals surface area contributed by atoms with Gasteiger partial charge in [0, 0.05) is 30.9 Å². The molecule has 2 saturated heterocycles. The van der Waals surface area contributed by atoms with E-state index in [4.69, 9.17) is 0 Å². The lowest BCUT2D eigenvalue weighted by molar-refractivity contribution is 0.185. The normalized spacial score (nSPS) is 38.4. The first kappa shape index (κ1) is 10.7. The summed E-state index contributed by atoms with van der Waals surface area (Å²) in [6, 6.07) is 1.26. The van der Waals surface area contributed by atoms with Crippen LogP contribution in [0.5, 0.6) is 0 Å². The van der Waals surface area contributed by atoms with Crippen molar-refractivity contribution < 1.29 is 5.11 Å². The average Bonchev–Trinajstić information content (AvgIpc) is 2.75. The van der Waals surface area contributed by atoms with Crippen LogP contribution in [0.15, 0.2) is 0 Å². The van der Waals surface area contributed by atoms with Crippen molar-refractivity contribution in [3.05, 3.63) is 0 Å². The summed E-state index contributed by atoms with van der Waals surface area (Å²) in [5.41, 5.74) is 0. The first-order chi connectivity index (χ1) is 6.75. The Bertz CT molecular complexity index is 185. The molecular formula is C10H20N2OS. The van der Waals surface area contributed by atoms with Gasteiger partial charge in [0.05, 0.1) is 6.10 Å². The van der Waals surface area contributed by atoms with Crippen LogP contribution < -0.4 is 5.32 Å². The van der Waals surface area contributed by atoms with E-state index in [0.717, 1.165) is 25.6 Å². The van der Waals surface area contributed by atoms with Crippen molar-refractivity contribution in [2.45, 2.75) is 31.0 Å². The quantitative estimate of drug-likeness (QED) is 0.704. The van der Waals surface area contributed by atoms with Crippen LogP contribution in [0.4, 0.5) is 0 Å². The van der Waals surface area contributed by atoms with Crippen LogP contribution >= 0.6 is 11.8 Å². The van der Waals surface area contributed by atoms with Crippen molar-refractivity contribution in [2.75, 3.05) is 31.6 Å². The van der Waals surface area contributed by atoms with E-state index >= 15 is 0 Å². The molecule has 0 amide bonds. The number of nitrogens with one attached hydrogen (secondary N) is 1. The second-order valence-electron chi connectivity index (χ2n) is 4.45. The maximum atomic E-state index is 9.39. The molecule has 2 heterocycles. The van der Waals surface area contributed by atoms with Crippen LogP contribution in [0.25, 0.3) is 0 Å². The molecule has 2 aliphatic rings. The zero-order valence-electron chi connectivity index (χ0n) is 8.78. The molecule has 82 valence electrons. The van der Waals surface area contributed by atoms with Crippen LogP contribution in [0.2, 0.25) is 0 Å². The molecule has 0 aromatic heterocycles. The highest BCUT2D eigenvalue weighted by Crippen LogP contribution is 2.22. The minimum absolute atomic E-state index is 0.119. The van der Waals surface area contributed by atoms with Gasteiger partial charge in [-0.05, 0) is 25.6 Å². The van der Waals surface area contributed by atoms with Crippen LogP contribution in [-0.2, 0) is 0 Å². The largest absolute Gasteiger partial charge is 0.392 e. The molecule has 3 atom stereocenters. The average molecular weight is 216 g/mol. The number of nitrogens with zero attached hydrogens (tertiary/aromatic N) is 1. The van der Waals surface area contributed by atoms with E-state index in [1.54, 1.807) is 0 Å². The first-order valence-corrected chi connectivity index (χ1v) is 6.60. The van der Waals surface area contributed by atoms with E-state index in [1.165, 1.54) is 17.9 Å². The van der Waals surface area contributed by atoms with Crippen LogP contribution in [0.3, 0.4) is 0 Å². The Kier molecular flexibility index (Phi) is 3.71. The molecule has 2 fully saturated rings. The zero-order valence-corrected chi connectivity index (χ0v) is 9.59. The summed E-state index contributed by atoms with van der Waals surface area (Å²) in [4.78, 5) is 2.45. The smallest absolute Gasteiger partial charge is 0.0680 e. The number of aliphatic hydroxyl groups excluding tert-OH is 1. The van der Waals surface area contributed by atoms with Crippen LogP contribution in [0.1, 0.15) is 12.8 Å². The topological polar surface area (TPSA) is 35.5 Å². The van der Waals surface area contributed by atoms with Gasteiger partial charge < -0.3 is 15.3 Å². The molecular weight excluding hydrogens is 196 g/mol. The summed E-state index contributed by atoms with van der Waals surface area (Å²) >= 11 is 2.06. The summed E-state index contributed by atoms with van der Waals surface area (Å²) in [7, 11) is 2.21. The van der Waals surface area contributed by atoms with E-state index in [2.05, 4.69) is 29.0 Å². The summed E-state index contributed by atoms with van der Waals surface area (Å²) in [5.74, 6) is 2.60. The molecule has 0 spiro atoms. The highest BCUT2D eigenvalue weighted by atomic mass is 32.2. The van der Waals surface area contributed by atoms with Gasteiger partial charge in [0.15, 0.2) is 0 Å². The Morgan fingerprint density at radius 1 is 1.57 bits per heavy atom. The van der Waals surface area contributed by atoms with Crippen molar-refractivity contribution in [1.29, 1.82) is 0 Å². The molecule has 0 radical (unpaired) electrons. The van der Waals surface area contributed by atoms with Gasteiger partial charge in [-0.1, -0.05) is 0 Å². The SMILES string of the molecule is CN(CC1CC(O)CN1)C1CCSC1. The molecule has 2 rings (SSSR count). The summed E-state index contributed by atoms with van der Waals surface area (Å²) in [6.45, 7) is 1.86. The molecule has 0 aromatic rings. The molecule has 3 nitrogen and oxygen atoms in total. The summed E-state index contributed by atoms with van der Waals surface area (Å²) in [6.07, 6.45) is 2.13. The molecule has 0 saturated carbocycles. The number of aliphatic hydroxyl groups is 1. The third-order valence-electron chi connectivity index (χ3n) is 3.24. The van der Waals surface area contributed by atoms with Gasteiger partial charge in [0.25, 0.3) is 0 Å². The Morgan fingerprint density at radius 3 is 3.00 bits per heavy atom. The highest BCUT2D eigenvalue weighted by Gasteiger charge is 2.26. The van der Waals surface area contributed by atoms with Crippen molar-refractivity contribution >= 4 is 11.8 Å². The molecule has 3 unspecified atom stereocenters. The number of likely N-dealkylation sites (N-methyl/N-ethyl adjacent to an activating group) is 1. The van der Waals surface area contributed by atoms with Crippen molar-refractivity contribution in [2.24, 2.45) is 0 Å². The molecule has 2 N–H and O–H groups in total. The lowest BCUT2D eigenvalue weighted by Gasteiger charge is -2.26. The fourth-order valence-corrected chi connectivity index (χ4v) is 3.60. The maximum absolute atomic E-state index is 9.39. The molecule has 0 aliphatic carbocycles. The predicted octanol–water partition coefficient (Wildman–Crippen LogP) is 0.147. The highest BCUT2D eigenvalue weighted by molar-refractivity contribution is 7.99. The number of hydrogen-bond donors (Lipinski definition) is 2. The van der Waals surface area contributed by atoms with Gasteiger partial charge >= 0.3 is 0 Å². The zero-order chi connectivity index (χ0) is 9.97. The minimum atomic E-state index is -0.119. The maximum Gasteiger partial charge on any atom is 0.0680 e. The van der Waals surface area contributed by atoms with Crippen molar-refractivity contribution in [3.63, 3.8) is 0 Å². The number of rotatable bonds is 3.